The van der Waals surface area contributed by atoms with E-state index in [1.165, 1.54) is 30.9 Å². The number of aromatic hydroxyl groups is 1. The Kier molecular flexibility index (Phi) is 5.70. The van der Waals surface area contributed by atoms with Crippen molar-refractivity contribution in [2.75, 3.05) is 20.3 Å². The van der Waals surface area contributed by atoms with Gasteiger partial charge >= 0.3 is 0 Å². The van der Waals surface area contributed by atoms with E-state index in [4.69, 9.17) is 4.74 Å². The average molecular weight is 385 g/mol. The molecule has 0 bridgehead atoms. The maximum atomic E-state index is 13.1. The third-order valence-corrected chi connectivity index (χ3v) is 4.41. The van der Waals surface area contributed by atoms with Crippen LogP contribution in [0.3, 0.4) is 0 Å². The Balaban J connectivity index is 1.99. The van der Waals surface area contributed by atoms with Crippen LogP contribution in [0.25, 0.3) is 11.0 Å². The molecule has 146 valence electrons. The number of nitrogens with zero attached hydrogens (tertiary/aromatic N) is 2. The van der Waals surface area contributed by atoms with Gasteiger partial charge in [0, 0.05) is 26.9 Å². The first kappa shape index (κ1) is 19.5. The highest BCUT2D eigenvalue weighted by molar-refractivity contribution is 6.01. The van der Waals surface area contributed by atoms with Gasteiger partial charge in [-0.05, 0) is 35.7 Å². The molecule has 2 heterocycles. The van der Waals surface area contributed by atoms with Crippen LogP contribution in [0, 0.1) is 5.82 Å². The second kappa shape index (κ2) is 8.18. The summed E-state index contributed by atoms with van der Waals surface area (Å²) >= 11 is 0. The second-order valence-electron chi connectivity index (χ2n) is 6.35. The van der Waals surface area contributed by atoms with Gasteiger partial charge in [0.15, 0.2) is 5.75 Å². The van der Waals surface area contributed by atoms with Crippen molar-refractivity contribution in [2.45, 2.75) is 6.42 Å². The molecule has 0 radical (unpaired) electrons. The standard InChI is InChI=1S/C20H20FN3O4/c1-24-15-10-13(9-12-3-5-14(21)6-4-12)11-23-17(15)18(25)16(20(24)27)19(26)22-7-8-28-2/h3-6,10-11,25H,7-9H2,1-2H3,(H,22,26). The predicted octanol–water partition coefficient (Wildman–Crippen LogP) is 1.75. The summed E-state index contributed by atoms with van der Waals surface area (Å²) in [5.74, 6) is -1.46. The van der Waals surface area contributed by atoms with Gasteiger partial charge in [-0.15, -0.1) is 0 Å². The van der Waals surface area contributed by atoms with E-state index in [1.807, 2.05) is 0 Å². The van der Waals surface area contributed by atoms with Crippen LogP contribution < -0.4 is 10.9 Å². The Morgan fingerprint density at radius 1 is 1.29 bits per heavy atom. The zero-order valence-corrected chi connectivity index (χ0v) is 15.5. The number of hydrogen-bond donors (Lipinski definition) is 2. The minimum atomic E-state index is -0.686. The molecule has 28 heavy (non-hydrogen) atoms. The summed E-state index contributed by atoms with van der Waals surface area (Å²) in [5.41, 5.74) is 1.24. The third kappa shape index (κ3) is 3.86. The van der Waals surface area contributed by atoms with Crippen LogP contribution in [-0.4, -0.2) is 40.8 Å². The van der Waals surface area contributed by atoms with Crippen LogP contribution in [-0.2, 0) is 18.2 Å². The SMILES string of the molecule is COCCNC(=O)c1c(O)c2ncc(Cc3ccc(F)cc3)cc2n(C)c1=O. The summed E-state index contributed by atoms with van der Waals surface area (Å²) in [6.07, 6.45) is 2.04. The Bertz CT molecular complexity index is 1080. The van der Waals surface area contributed by atoms with Crippen molar-refractivity contribution >= 4 is 16.9 Å². The summed E-state index contributed by atoms with van der Waals surface area (Å²) in [6.45, 7) is 0.491. The van der Waals surface area contributed by atoms with Crippen molar-refractivity contribution in [3.8, 4) is 5.75 Å². The van der Waals surface area contributed by atoms with E-state index in [0.717, 1.165) is 11.1 Å². The number of nitrogens with one attached hydrogen (secondary N) is 1. The number of aromatic nitrogens is 2. The molecule has 1 aromatic carbocycles. The lowest BCUT2D eigenvalue weighted by Crippen LogP contribution is -2.34. The first-order valence-electron chi connectivity index (χ1n) is 8.64. The largest absolute Gasteiger partial charge is 0.505 e. The number of aryl methyl sites for hydroxylation is 1. The molecule has 0 fully saturated rings. The van der Waals surface area contributed by atoms with Crippen molar-refractivity contribution in [2.24, 2.45) is 7.05 Å². The number of hydrogen-bond acceptors (Lipinski definition) is 5. The first-order valence-corrected chi connectivity index (χ1v) is 8.64. The maximum Gasteiger partial charge on any atom is 0.267 e. The van der Waals surface area contributed by atoms with Gasteiger partial charge < -0.3 is 19.7 Å². The molecular formula is C20H20FN3O4. The number of fused-ring (bicyclic) bond motifs is 1. The molecule has 0 unspecified atom stereocenters. The fraction of sp³-hybridized carbons (Fsp3) is 0.250. The number of amides is 1. The van der Waals surface area contributed by atoms with Crippen LogP contribution in [0.15, 0.2) is 41.3 Å². The van der Waals surface area contributed by atoms with Crippen molar-refractivity contribution in [1.29, 1.82) is 0 Å². The molecule has 0 aliphatic carbocycles. The Labute approximate surface area is 160 Å². The number of ether oxygens (including phenoxy) is 1. The van der Waals surface area contributed by atoms with E-state index in [-0.39, 0.29) is 30.0 Å². The van der Waals surface area contributed by atoms with E-state index in [9.17, 15) is 19.1 Å². The number of methoxy groups -OCH3 is 1. The van der Waals surface area contributed by atoms with Crippen molar-refractivity contribution in [3.05, 3.63) is 69.4 Å². The Hall–Kier alpha value is -3.26. The van der Waals surface area contributed by atoms with Gasteiger partial charge in [0.1, 0.15) is 16.9 Å². The molecule has 8 heteroatoms. The molecule has 2 N–H and O–H groups in total. The van der Waals surface area contributed by atoms with Crippen molar-refractivity contribution in [3.63, 3.8) is 0 Å². The van der Waals surface area contributed by atoms with Crippen molar-refractivity contribution in [1.82, 2.24) is 14.9 Å². The molecule has 0 aliphatic rings. The van der Waals surface area contributed by atoms with Crippen LogP contribution in [0.1, 0.15) is 21.5 Å². The predicted molar refractivity (Wildman–Crippen MR) is 102 cm³/mol. The van der Waals surface area contributed by atoms with E-state index in [2.05, 4.69) is 10.3 Å². The number of benzene rings is 1. The van der Waals surface area contributed by atoms with Crippen LogP contribution in [0.4, 0.5) is 4.39 Å². The number of rotatable bonds is 6. The lowest BCUT2D eigenvalue weighted by atomic mass is 10.1. The molecule has 3 aromatic rings. The second-order valence-corrected chi connectivity index (χ2v) is 6.35. The first-order chi connectivity index (χ1) is 13.4. The molecule has 1 amide bonds. The Morgan fingerprint density at radius 3 is 2.68 bits per heavy atom. The lowest BCUT2D eigenvalue weighted by molar-refractivity contribution is 0.0932. The van der Waals surface area contributed by atoms with Gasteiger partial charge in [0.2, 0.25) is 0 Å². The number of carbonyl (C=O) groups is 1. The smallest absolute Gasteiger partial charge is 0.267 e. The number of halogens is 1. The summed E-state index contributed by atoms with van der Waals surface area (Å²) in [6, 6.07) is 7.81. The molecule has 0 saturated heterocycles. The minimum absolute atomic E-state index is 0.154. The fourth-order valence-electron chi connectivity index (χ4n) is 2.92. The van der Waals surface area contributed by atoms with Gasteiger partial charge in [-0.25, -0.2) is 4.39 Å². The molecule has 0 atom stereocenters. The van der Waals surface area contributed by atoms with E-state index in [1.54, 1.807) is 24.4 Å². The Morgan fingerprint density at radius 2 is 2.00 bits per heavy atom. The third-order valence-electron chi connectivity index (χ3n) is 4.41. The zero-order chi connectivity index (χ0) is 20.3. The maximum absolute atomic E-state index is 13.1. The van der Waals surface area contributed by atoms with Gasteiger partial charge in [-0.2, -0.15) is 0 Å². The molecule has 0 aliphatic heterocycles. The summed E-state index contributed by atoms with van der Waals surface area (Å²) in [7, 11) is 3.01. The highest BCUT2D eigenvalue weighted by atomic mass is 19.1. The molecule has 3 rings (SSSR count). The van der Waals surface area contributed by atoms with Crippen LogP contribution in [0.2, 0.25) is 0 Å². The summed E-state index contributed by atoms with van der Waals surface area (Å²) in [5, 5.41) is 13.0. The quantitative estimate of drug-likeness (QED) is 0.631. The highest BCUT2D eigenvalue weighted by Crippen LogP contribution is 2.25. The molecule has 7 nitrogen and oxygen atoms in total. The zero-order valence-electron chi connectivity index (χ0n) is 15.5. The van der Waals surface area contributed by atoms with Gasteiger partial charge in [0.05, 0.1) is 12.1 Å². The fourth-order valence-corrected chi connectivity index (χ4v) is 2.92. The monoisotopic (exact) mass is 385 g/mol. The van der Waals surface area contributed by atoms with E-state index >= 15 is 0 Å². The van der Waals surface area contributed by atoms with Gasteiger partial charge in [0.25, 0.3) is 11.5 Å². The molecule has 0 spiro atoms. The number of pyridine rings is 2. The average Bonchev–Trinajstić information content (AvgIpc) is 2.68. The van der Waals surface area contributed by atoms with Crippen LogP contribution in [0.5, 0.6) is 5.75 Å². The van der Waals surface area contributed by atoms with E-state index < -0.39 is 17.2 Å². The summed E-state index contributed by atoms with van der Waals surface area (Å²) in [4.78, 5) is 29.2. The lowest BCUT2D eigenvalue weighted by Gasteiger charge is -2.12. The summed E-state index contributed by atoms with van der Waals surface area (Å²) < 4.78 is 19.2. The molecule has 2 aromatic heterocycles. The number of carbonyl (C=O) groups excluding carboxylic acids is 1. The minimum Gasteiger partial charge on any atom is -0.505 e. The van der Waals surface area contributed by atoms with Crippen molar-refractivity contribution < 1.29 is 19.0 Å². The normalized spacial score (nSPS) is 11.0. The van der Waals surface area contributed by atoms with Gasteiger partial charge in [-0.3, -0.25) is 14.6 Å². The highest BCUT2D eigenvalue weighted by Gasteiger charge is 2.22. The molecular weight excluding hydrogens is 365 g/mol. The topological polar surface area (TPSA) is 93.4 Å². The van der Waals surface area contributed by atoms with Gasteiger partial charge in [-0.1, -0.05) is 12.1 Å². The molecule has 0 saturated carbocycles. The van der Waals surface area contributed by atoms with E-state index in [0.29, 0.717) is 11.9 Å². The van der Waals surface area contributed by atoms with Crippen LogP contribution >= 0.6 is 0 Å².